The summed E-state index contributed by atoms with van der Waals surface area (Å²) in [7, 11) is 4.06. The zero-order valence-electron chi connectivity index (χ0n) is 9.66. The molecule has 1 heterocycles. The summed E-state index contributed by atoms with van der Waals surface area (Å²) in [5.74, 6) is 1.44. The normalized spacial score (nSPS) is 12.4. The maximum Gasteiger partial charge on any atom is 0.221 e. The van der Waals surface area contributed by atoms with Crippen molar-refractivity contribution in [2.45, 2.75) is 32.6 Å². The lowest BCUT2D eigenvalue weighted by atomic mass is 9.97. The van der Waals surface area contributed by atoms with Crippen molar-refractivity contribution in [2.24, 2.45) is 0 Å². The summed E-state index contributed by atoms with van der Waals surface area (Å²) in [6.45, 7) is 7.13. The van der Waals surface area contributed by atoms with E-state index in [2.05, 4.69) is 35.9 Å². The van der Waals surface area contributed by atoms with Gasteiger partial charge in [-0.3, -0.25) is 0 Å². The van der Waals surface area contributed by atoms with Crippen molar-refractivity contribution in [3.05, 3.63) is 11.8 Å². The van der Waals surface area contributed by atoms with E-state index in [0.29, 0.717) is 5.89 Å². The van der Waals surface area contributed by atoms with Crippen molar-refractivity contribution in [1.82, 2.24) is 15.1 Å². The maximum atomic E-state index is 5.55. The van der Waals surface area contributed by atoms with Crippen LogP contribution in [-0.4, -0.2) is 35.7 Å². The number of aromatic nitrogens is 2. The average molecular weight is 197 g/mol. The van der Waals surface area contributed by atoms with Crippen LogP contribution in [-0.2, 0) is 11.8 Å². The molecule has 4 nitrogen and oxygen atoms in total. The third-order valence-electron chi connectivity index (χ3n) is 1.88. The van der Waals surface area contributed by atoms with E-state index in [1.165, 1.54) is 0 Å². The highest BCUT2D eigenvalue weighted by molar-refractivity contribution is 4.96. The van der Waals surface area contributed by atoms with Gasteiger partial charge in [-0.2, -0.15) is 0 Å². The van der Waals surface area contributed by atoms with Gasteiger partial charge in [-0.25, -0.2) is 0 Å². The van der Waals surface area contributed by atoms with Crippen LogP contribution in [0.2, 0.25) is 0 Å². The van der Waals surface area contributed by atoms with Crippen molar-refractivity contribution in [2.75, 3.05) is 20.6 Å². The average Bonchev–Trinajstić information content (AvgIpc) is 2.47. The van der Waals surface area contributed by atoms with Gasteiger partial charge in [0.15, 0.2) is 0 Å². The van der Waals surface area contributed by atoms with E-state index in [-0.39, 0.29) is 5.41 Å². The highest BCUT2D eigenvalue weighted by Gasteiger charge is 2.21. The topological polar surface area (TPSA) is 42.2 Å². The zero-order valence-corrected chi connectivity index (χ0v) is 9.66. The van der Waals surface area contributed by atoms with Crippen LogP contribution in [0.5, 0.6) is 0 Å². The molecule has 0 spiro atoms. The first-order valence-corrected chi connectivity index (χ1v) is 4.87. The van der Waals surface area contributed by atoms with E-state index in [0.717, 1.165) is 18.9 Å². The molecule has 0 aliphatic heterocycles. The molecule has 0 N–H and O–H groups in total. The predicted octanol–water partition coefficient (Wildman–Crippen LogP) is 1.47. The van der Waals surface area contributed by atoms with Crippen molar-refractivity contribution in [1.29, 1.82) is 0 Å². The van der Waals surface area contributed by atoms with Gasteiger partial charge in [-0.15, -0.1) is 10.2 Å². The van der Waals surface area contributed by atoms with E-state index < -0.39 is 0 Å². The van der Waals surface area contributed by atoms with Gasteiger partial charge in [-0.05, 0) is 14.1 Å². The molecule has 0 saturated heterocycles. The molecule has 0 saturated carbocycles. The summed E-state index contributed by atoms with van der Waals surface area (Å²) in [6, 6.07) is 0. The lowest BCUT2D eigenvalue weighted by Crippen LogP contribution is -2.15. The fourth-order valence-electron chi connectivity index (χ4n) is 0.977. The van der Waals surface area contributed by atoms with Gasteiger partial charge in [0.1, 0.15) is 0 Å². The van der Waals surface area contributed by atoms with Crippen LogP contribution in [0.4, 0.5) is 0 Å². The van der Waals surface area contributed by atoms with E-state index in [4.69, 9.17) is 4.42 Å². The number of rotatable bonds is 3. The predicted molar refractivity (Wildman–Crippen MR) is 55.3 cm³/mol. The quantitative estimate of drug-likeness (QED) is 0.736. The Labute approximate surface area is 85.3 Å². The third-order valence-corrected chi connectivity index (χ3v) is 1.88. The second kappa shape index (κ2) is 4.09. The van der Waals surface area contributed by atoms with Crippen LogP contribution in [0, 0.1) is 0 Å². The minimum absolute atomic E-state index is 0.0522. The zero-order chi connectivity index (χ0) is 10.8. The Morgan fingerprint density at radius 1 is 1.21 bits per heavy atom. The summed E-state index contributed by atoms with van der Waals surface area (Å²) in [5.41, 5.74) is -0.0522. The van der Waals surface area contributed by atoms with Crippen LogP contribution in [0.1, 0.15) is 32.6 Å². The minimum atomic E-state index is -0.0522. The fraction of sp³-hybridized carbons (Fsp3) is 0.800. The molecule has 0 unspecified atom stereocenters. The molecule has 1 rings (SSSR count). The van der Waals surface area contributed by atoms with E-state index >= 15 is 0 Å². The van der Waals surface area contributed by atoms with Crippen molar-refractivity contribution in [3.63, 3.8) is 0 Å². The van der Waals surface area contributed by atoms with Crippen LogP contribution < -0.4 is 0 Å². The summed E-state index contributed by atoms with van der Waals surface area (Å²) in [5, 5.41) is 8.04. The van der Waals surface area contributed by atoms with Crippen molar-refractivity contribution >= 4 is 0 Å². The van der Waals surface area contributed by atoms with E-state index in [1.807, 2.05) is 14.1 Å². The molecular weight excluding hydrogens is 178 g/mol. The second-order valence-electron chi connectivity index (χ2n) is 4.80. The first-order chi connectivity index (χ1) is 6.39. The van der Waals surface area contributed by atoms with Gasteiger partial charge in [0, 0.05) is 18.4 Å². The van der Waals surface area contributed by atoms with E-state index in [9.17, 15) is 0 Å². The summed E-state index contributed by atoms with van der Waals surface area (Å²) in [4.78, 5) is 2.10. The Morgan fingerprint density at radius 3 is 2.29 bits per heavy atom. The molecule has 80 valence electrons. The number of likely N-dealkylation sites (N-methyl/N-ethyl adjacent to an activating group) is 1. The Bertz CT molecular complexity index is 286. The summed E-state index contributed by atoms with van der Waals surface area (Å²) < 4.78 is 5.55. The molecule has 4 heteroatoms. The monoisotopic (exact) mass is 197 g/mol. The number of hydrogen-bond donors (Lipinski definition) is 0. The second-order valence-corrected chi connectivity index (χ2v) is 4.80. The number of hydrogen-bond acceptors (Lipinski definition) is 4. The lowest BCUT2D eigenvalue weighted by Gasteiger charge is -2.11. The number of nitrogens with zero attached hydrogens (tertiary/aromatic N) is 3. The Kier molecular flexibility index (Phi) is 3.26. The van der Waals surface area contributed by atoms with Crippen LogP contribution in [0.3, 0.4) is 0 Å². The maximum absolute atomic E-state index is 5.55. The van der Waals surface area contributed by atoms with Gasteiger partial charge in [-0.1, -0.05) is 20.8 Å². The first kappa shape index (κ1) is 11.2. The van der Waals surface area contributed by atoms with Crippen molar-refractivity contribution in [3.8, 4) is 0 Å². The van der Waals surface area contributed by atoms with Crippen molar-refractivity contribution < 1.29 is 4.42 Å². The molecule has 0 amide bonds. The standard InChI is InChI=1S/C10H19N3O/c1-10(2,3)9-12-11-8(14-9)6-7-13(4)5/h6-7H2,1-5H3. The Morgan fingerprint density at radius 2 is 1.86 bits per heavy atom. The van der Waals surface area contributed by atoms with E-state index in [1.54, 1.807) is 0 Å². The SMILES string of the molecule is CN(C)CCc1nnc(C(C)(C)C)o1. The molecule has 1 aromatic heterocycles. The molecule has 0 fully saturated rings. The molecule has 0 aliphatic rings. The molecular formula is C10H19N3O. The van der Waals surface area contributed by atoms with Gasteiger partial charge in [0.25, 0.3) is 0 Å². The van der Waals surface area contributed by atoms with Gasteiger partial charge < -0.3 is 9.32 Å². The lowest BCUT2D eigenvalue weighted by molar-refractivity contribution is 0.348. The highest BCUT2D eigenvalue weighted by atomic mass is 16.4. The van der Waals surface area contributed by atoms with Crippen LogP contribution in [0.25, 0.3) is 0 Å². The molecule has 1 aromatic rings. The smallest absolute Gasteiger partial charge is 0.221 e. The molecule has 0 aliphatic carbocycles. The molecule has 0 aromatic carbocycles. The highest BCUT2D eigenvalue weighted by Crippen LogP contribution is 2.20. The molecule has 0 atom stereocenters. The Balaban J connectivity index is 2.60. The molecule has 0 radical (unpaired) electrons. The Hall–Kier alpha value is -0.900. The molecule has 14 heavy (non-hydrogen) atoms. The minimum Gasteiger partial charge on any atom is -0.425 e. The van der Waals surface area contributed by atoms with Crippen LogP contribution in [0.15, 0.2) is 4.42 Å². The molecule has 0 bridgehead atoms. The first-order valence-electron chi connectivity index (χ1n) is 4.87. The van der Waals surface area contributed by atoms with Gasteiger partial charge in [0.2, 0.25) is 11.8 Å². The fourth-order valence-corrected chi connectivity index (χ4v) is 0.977. The van der Waals surface area contributed by atoms with Gasteiger partial charge in [0.05, 0.1) is 0 Å². The third kappa shape index (κ3) is 3.10. The summed E-state index contributed by atoms with van der Waals surface area (Å²) >= 11 is 0. The largest absolute Gasteiger partial charge is 0.425 e. The van der Waals surface area contributed by atoms with Gasteiger partial charge >= 0.3 is 0 Å². The summed E-state index contributed by atoms with van der Waals surface area (Å²) in [6.07, 6.45) is 0.816. The van der Waals surface area contributed by atoms with Crippen LogP contribution >= 0.6 is 0 Å².